The number of allylic oxidation sites excluding steroid dienone is 2. The fourth-order valence-electron chi connectivity index (χ4n) is 1.34. The minimum Gasteiger partial charge on any atom is -0.383 e. The number of pyridine rings is 1. The summed E-state index contributed by atoms with van der Waals surface area (Å²) in [5, 5.41) is 0. The van der Waals surface area contributed by atoms with Crippen LogP contribution in [0.25, 0.3) is 0 Å². The van der Waals surface area contributed by atoms with Crippen LogP contribution < -0.4 is 5.73 Å². The Labute approximate surface area is 90.0 Å². The fourth-order valence-corrected chi connectivity index (χ4v) is 1.34. The van der Waals surface area contributed by atoms with Gasteiger partial charge in [0, 0.05) is 6.20 Å². The van der Waals surface area contributed by atoms with Crippen molar-refractivity contribution in [3.63, 3.8) is 0 Å². The van der Waals surface area contributed by atoms with Crippen LogP contribution in [0.1, 0.15) is 37.0 Å². The van der Waals surface area contributed by atoms with Gasteiger partial charge in [0.05, 0.1) is 5.56 Å². The van der Waals surface area contributed by atoms with Crippen molar-refractivity contribution in [1.82, 2.24) is 4.98 Å². The summed E-state index contributed by atoms with van der Waals surface area (Å²) in [6.45, 7) is 4.07. The maximum Gasteiger partial charge on any atom is 0.189 e. The summed E-state index contributed by atoms with van der Waals surface area (Å²) < 4.78 is 0. The molecular formula is C12H16N2O. The van der Waals surface area contributed by atoms with Gasteiger partial charge in [-0.05, 0) is 31.1 Å². The van der Waals surface area contributed by atoms with E-state index < -0.39 is 0 Å². The molecule has 0 spiro atoms. The second-order valence-corrected chi connectivity index (χ2v) is 3.31. The molecule has 80 valence electrons. The molecule has 1 rings (SSSR count). The van der Waals surface area contributed by atoms with Crippen molar-refractivity contribution in [2.75, 3.05) is 5.73 Å². The SMILES string of the molecule is CCC(=CC(=O)c1cccnc1N)CC. The Morgan fingerprint density at radius 2 is 2.13 bits per heavy atom. The average Bonchev–Trinajstić information content (AvgIpc) is 2.26. The molecular weight excluding hydrogens is 188 g/mol. The average molecular weight is 204 g/mol. The number of hydrogen-bond donors (Lipinski definition) is 1. The van der Waals surface area contributed by atoms with Crippen molar-refractivity contribution >= 4 is 11.6 Å². The quantitative estimate of drug-likeness (QED) is 0.605. The first kappa shape index (κ1) is 11.4. The second kappa shape index (κ2) is 5.29. The van der Waals surface area contributed by atoms with Crippen molar-refractivity contribution < 1.29 is 4.79 Å². The Morgan fingerprint density at radius 3 is 2.67 bits per heavy atom. The van der Waals surface area contributed by atoms with Gasteiger partial charge < -0.3 is 5.73 Å². The molecule has 0 atom stereocenters. The second-order valence-electron chi connectivity index (χ2n) is 3.31. The Morgan fingerprint density at radius 1 is 1.47 bits per heavy atom. The molecule has 0 aliphatic carbocycles. The lowest BCUT2D eigenvalue weighted by Gasteiger charge is -2.02. The Balaban J connectivity index is 2.95. The Bertz CT molecular complexity index is 377. The lowest BCUT2D eigenvalue weighted by atomic mass is 10.1. The number of anilines is 1. The van der Waals surface area contributed by atoms with E-state index in [2.05, 4.69) is 4.98 Å². The molecule has 1 heterocycles. The normalized spacial score (nSPS) is 9.73. The van der Waals surface area contributed by atoms with Crippen LogP contribution in [0.4, 0.5) is 5.82 Å². The highest BCUT2D eigenvalue weighted by atomic mass is 16.1. The summed E-state index contributed by atoms with van der Waals surface area (Å²) >= 11 is 0. The van der Waals surface area contributed by atoms with Gasteiger partial charge >= 0.3 is 0 Å². The molecule has 1 aromatic heterocycles. The molecule has 0 unspecified atom stereocenters. The monoisotopic (exact) mass is 204 g/mol. The van der Waals surface area contributed by atoms with E-state index in [1.165, 1.54) is 0 Å². The van der Waals surface area contributed by atoms with Gasteiger partial charge in [-0.15, -0.1) is 0 Å². The molecule has 0 fully saturated rings. The predicted molar refractivity (Wildman–Crippen MR) is 61.6 cm³/mol. The van der Waals surface area contributed by atoms with E-state index in [1.54, 1.807) is 24.4 Å². The molecule has 0 saturated carbocycles. The third kappa shape index (κ3) is 2.91. The van der Waals surface area contributed by atoms with Crippen LogP contribution in [0.3, 0.4) is 0 Å². The zero-order valence-electron chi connectivity index (χ0n) is 9.16. The van der Waals surface area contributed by atoms with Crippen LogP contribution in [-0.2, 0) is 0 Å². The zero-order chi connectivity index (χ0) is 11.3. The van der Waals surface area contributed by atoms with Gasteiger partial charge in [-0.1, -0.05) is 19.4 Å². The van der Waals surface area contributed by atoms with Crippen molar-refractivity contribution in [2.45, 2.75) is 26.7 Å². The Hall–Kier alpha value is -1.64. The number of rotatable bonds is 4. The smallest absolute Gasteiger partial charge is 0.189 e. The number of ketones is 1. The van der Waals surface area contributed by atoms with E-state index >= 15 is 0 Å². The summed E-state index contributed by atoms with van der Waals surface area (Å²) in [4.78, 5) is 15.7. The van der Waals surface area contributed by atoms with E-state index in [0.717, 1.165) is 18.4 Å². The first-order chi connectivity index (χ1) is 7.19. The number of aromatic nitrogens is 1. The number of nitrogen functional groups attached to an aromatic ring is 1. The van der Waals surface area contributed by atoms with Gasteiger partial charge in [0.25, 0.3) is 0 Å². The standard InChI is InChI=1S/C12H16N2O/c1-3-9(4-2)8-11(15)10-6-5-7-14-12(10)13/h5-8H,3-4H2,1-2H3,(H2,13,14). The highest BCUT2D eigenvalue weighted by Gasteiger charge is 2.07. The highest BCUT2D eigenvalue weighted by Crippen LogP contribution is 2.12. The molecule has 0 bridgehead atoms. The third-order valence-corrected chi connectivity index (χ3v) is 2.35. The number of nitrogens with zero attached hydrogens (tertiary/aromatic N) is 1. The van der Waals surface area contributed by atoms with Gasteiger partial charge in [0.1, 0.15) is 5.82 Å². The van der Waals surface area contributed by atoms with Crippen LogP contribution in [0.15, 0.2) is 30.0 Å². The van der Waals surface area contributed by atoms with E-state index in [-0.39, 0.29) is 5.78 Å². The van der Waals surface area contributed by atoms with Crippen LogP contribution in [0.5, 0.6) is 0 Å². The van der Waals surface area contributed by atoms with Gasteiger partial charge in [-0.25, -0.2) is 4.98 Å². The summed E-state index contributed by atoms with van der Waals surface area (Å²) in [7, 11) is 0. The molecule has 0 saturated heterocycles. The summed E-state index contributed by atoms with van der Waals surface area (Å²) in [6.07, 6.45) is 5.02. The van der Waals surface area contributed by atoms with Crippen molar-refractivity contribution in [1.29, 1.82) is 0 Å². The van der Waals surface area contributed by atoms with Crippen molar-refractivity contribution in [2.24, 2.45) is 0 Å². The van der Waals surface area contributed by atoms with Gasteiger partial charge in [0.15, 0.2) is 5.78 Å². The molecule has 0 amide bonds. The summed E-state index contributed by atoms with van der Waals surface area (Å²) in [5.74, 6) is 0.240. The highest BCUT2D eigenvalue weighted by molar-refractivity contribution is 6.07. The topological polar surface area (TPSA) is 56.0 Å². The van der Waals surface area contributed by atoms with E-state index in [9.17, 15) is 4.79 Å². The van der Waals surface area contributed by atoms with Gasteiger partial charge in [0.2, 0.25) is 0 Å². The molecule has 0 aliphatic rings. The zero-order valence-corrected chi connectivity index (χ0v) is 9.16. The number of carbonyl (C=O) groups excluding carboxylic acids is 1. The van der Waals surface area contributed by atoms with Gasteiger partial charge in [-0.3, -0.25) is 4.79 Å². The number of hydrogen-bond acceptors (Lipinski definition) is 3. The molecule has 2 N–H and O–H groups in total. The Kier molecular flexibility index (Phi) is 4.03. The lowest BCUT2D eigenvalue weighted by Crippen LogP contribution is -2.03. The van der Waals surface area contributed by atoms with E-state index in [0.29, 0.717) is 11.4 Å². The molecule has 1 aromatic rings. The molecule has 3 heteroatoms. The summed E-state index contributed by atoms with van der Waals surface area (Å²) in [5.41, 5.74) is 7.23. The van der Waals surface area contributed by atoms with Crippen LogP contribution in [-0.4, -0.2) is 10.8 Å². The van der Waals surface area contributed by atoms with Gasteiger partial charge in [-0.2, -0.15) is 0 Å². The molecule has 0 radical (unpaired) electrons. The maximum absolute atomic E-state index is 11.8. The minimum absolute atomic E-state index is 0.0562. The number of nitrogens with two attached hydrogens (primary N) is 1. The minimum atomic E-state index is -0.0562. The van der Waals surface area contributed by atoms with Crippen molar-refractivity contribution in [3.05, 3.63) is 35.5 Å². The molecule has 15 heavy (non-hydrogen) atoms. The lowest BCUT2D eigenvalue weighted by molar-refractivity contribution is 0.104. The van der Waals surface area contributed by atoms with Crippen LogP contribution in [0.2, 0.25) is 0 Å². The number of carbonyl (C=O) groups is 1. The maximum atomic E-state index is 11.8. The van der Waals surface area contributed by atoms with Crippen LogP contribution in [0, 0.1) is 0 Å². The first-order valence-electron chi connectivity index (χ1n) is 5.13. The molecule has 0 aromatic carbocycles. The first-order valence-corrected chi connectivity index (χ1v) is 5.13. The molecule has 0 aliphatic heterocycles. The van der Waals surface area contributed by atoms with E-state index in [4.69, 9.17) is 5.73 Å². The predicted octanol–water partition coefficient (Wildman–Crippen LogP) is 2.59. The largest absolute Gasteiger partial charge is 0.383 e. The molecule has 3 nitrogen and oxygen atoms in total. The fraction of sp³-hybridized carbons (Fsp3) is 0.333. The van der Waals surface area contributed by atoms with E-state index in [1.807, 2.05) is 13.8 Å². The summed E-state index contributed by atoms with van der Waals surface area (Å²) in [6, 6.07) is 3.42. The van der Waals surface area contributed by atoms with Crippen molar-refractivity contribution in [3.8, 4) is 0 Å². The third-order valence-electron chi connectivity index (χ3n) is 2.35. The van der Waals surface area contributed by atoms with Crippen LogP contribution >= 0.6 is 0 Å².